The Balaban J connectivity index is 2.42. The number of carbonyl (C=O) groups excluding carboxylic acids is 1. The third-order valence-electron chi connectivity index (χ3n) is 1.61. The number of hydrogen-bond acceptors (Lipinski definition) is 4. The predicted molar refractivity (Wildman–Crippen MR) is 57.6 cm³/mol. The van der Waals surface area contributed by atoms with Crippen molar-refractivity contribution in [2.75, 3.05) is 12.3 Å². The van der Waals surface area contributed by atoms with Gasteiger partial charge in [0.05, 0.1) is 17.0 Å². The summed E-state index contributed by atoms with van der Waals surface area (Å²) in [5.41, 5.74) is 5.48. The summed E-state index contributed by atoms with van der Waals surface area (Å²) in [4.78, 5) is 11.3. The Morgan fingerprint density at radius 1 is 1.80 bits per heavy atom. The predicted octanol–water partition coefficient (Wildman–Crippen LogP) is 0.258. The van der Waals surface area contributed by atoms with E-state index in [1.54, 1.807) is 6.20 Å². The standard InChI is InChI=1S/C8H10BrN5O/c9-6-4-14(13-8(6)11)5-7(15)12-3-1-2-10/h4H,1,3,5H2,(H2,11,13)(H,12,15). The largest absolute Gasteiger partial charge is 0.381 e. The number of nitrogens with one attached hydrogen (secondary N) is 1. The van der Waals surface area contributed by atoms with Crippen LogP contribution in [0.1, 0.15) is 6.42 Å². The summed E-state index contributed by atoms with van der Waals surface area (Å²) in [6.07, 6.45) is 1.93. The van der Waals surface area contributed by atoms with Crippen LogP contribution in [-0.4, -0.2) is 22.2 Å². The number of halogens is 1. The summed E-state index contributed by atoms with van der Waals surface area (Å²) in [5, 5.41) is 14.7. The first-order valence-corrected chi connectivity index (χ1v) is 5.05. The smallest absolute Gasteiger partial charge is 0.241 e. The minimum absolute atomic E-state index is 0.0984. The molecule has 0 atom stereocenters. The van der Waals surface area contributed by atoms with E-state index in [9.17, 15) is 4.79 Å². The Kier molecular flexibility index (Phi) is 4.12. The molecule has 80 valence electrons. The number of hydrogen-bond donors (Lipinski definition) is 2. The van der Waals surface area contributed by atoms with E-state index in [4.69, 9.17) is 11.0 Å². The Morgan fingerprint density at radius 2 is 2.53 bits per heavy atom. The molecule has 0 saturated heterocycles. The average molecular weight is 272 g/mol. The van der Waals surface area contributed by atoms with Crippen molar-refractivity contribution in [3.63, 3.8) is 0 Å². The van der Waals surface area contributed by atoms with Crippen LogP contribution >= 0.6 is 15.9 Å². The van der Waals surface area contributed by atoms with Crippen molar-refractivity contribution in [2.24, 2.45) is 0 Å². The van der Waals surface area contributed by atoms with Crippen LogP contribution in [0.2, 0.25) is 0 Å². The quantitative estimate of drug-likeness (QED) is 0.768. The molecular weight excluding hydrogens is 262 g/mol. The minimum atomic E-state index is -0.194. The van der Waals surface area contributed by atoms with E-state index in [1.807, 2.05) is 6.07 Å². The lowest BCUT2D eigenvalue weighted by Crippen LogP contribution is -2.28. The molecule has 7 heteroatoms. The second-order valence-electron chi connectivity index (χ2n) is 2.82. The molecule has 1 heterocycles. The van der Waals surface area contributed by atoms with Crippen molar-refractivity contribution in [2.45, 2.75) is 13.0 Å². The number of aromatic nitrogens is 2. The molecule has 0 radical (unpaired) electrons. The second kappa shape index (κ2) is 5.36. The van der Waals surface area contributed by atoms with Gasteiger partial charge in [-0.2, -0.15) is 10.4 Å². The Morgan fingerprint density at radius 3 is 3.07 bits per heavy atom. The van der Waals surface area contributed by atoms with Crippen molar-refractivity contribution < 1.29 is 4.79 Å². The molecule has 15 heavy (non-hydrogen) atoms. The van der Waals surface area contributed by atoms with Gasteiger partial charge in [-0.3, -0.25) is 9.48 Å². The van der Waals surface area contributed by atoms with Gasteiger partial charge in [-0.1, -0.05) is 0 Å². The van der Waals surface area contributed by atoms with E-state index in [0.29, 0.717) is 23.3 Å². The normalized spacial score (nSPS) is 9.60. The summed E-state index contributed by atoms with van der Waals surface area (Å²) in [6.45, 7) is 0.453. The van der Waals surface area contributed by atoms with E-state index < -0.39 is 0 Å². The van der Waals surface area contributed by atoms with Crippen LogP contribution in [0.25, 0.3) is 0 Å². The number of amides is 1. The number of anilines is 1. The molecule has 3 N–H and O–H groups in total. The Bertz CT molecular complexity index is 375. The maximum absolute atomic E-state index is 11.3. The topological polar surface area (TPSA) is 96.7 Å². The van der Waals surface area contributed by atoms with Crippen molar-refractivity contribution in [3.8, 4) is 6.07 Å². The van der Waals surface area contributed by atoms with Crippen LogP contribution in [-0.2, 0) is 11.3 Å². The molecule has 1 rings (SSSR count). The number of nitrogens with two attached hydrogens (primary N) is 1. The summed E-state index contributed by atoms with van der Waals surface area (Å²) in [5.74, 6) is 0.153. The van der Waals surface area contributed by atoms with E-state index in [-0.39, 0.29) is 12.5 Å². The molecule has 0 saturated carbocycles. The minimum Gasteiger partial charge on any atom is -0.381 e. The summed E-state index contributed by atoms with van der Waals surface area (Å²) >= 11 is 3.19. The first-order chi connectivity index (χ1) is 7.13. The first kappa shape index (κ1) is 11.5. The zero-order valence-electron chi connectivity index (χ0n) is 7.90. The molecular formula is C8H10BrN5O. The molecule has 1 aromatic rings. The van der Waals surface area contributed by atoms with Crippen LogP contribution in [0.4, 0.5) is 5.82 Å². The van der Waals surface area contributed by atoms with Gasteiger partial charge >= 0.3 is 0 Å². The lowest BCUT2D eigenvalue weighted by atomic mass is 10.4. The Hall–Kier alpha value is -1.55. The van der Waals surface area contributed by atoms with Crippen LogP contribution in [0.5, 0.6) is 0 Å². The summed E-state index contributed by atoms with van der Waals surface area (Å²) in [6, 6.07) is 1.94. The zero-order valence-corrected chi connectivity index (χ0v) is 9.49. The molecule has 1 aromatic heterocycles. The molecule has 0 fully saturated rings. The molecule has 1 amide bonds. The van der Waals surface area contributed by atoms with Crippen molar-refractivity contribution in [3.05, 3.63) is 10.7 Å². The monoisotopic (exact) mass is 271 g/mol. The number of nitrogens with zero attached hydrogens (tertiary/aromatic N) is 3. The summed E-state index contributed by atoms with van der Waals surface area (Å²) in [7, 11) is 0. The van der Waals surface area contributed by atoms with E-state index in [2.05, 4.69) is 26.3 Å². The van der Waals surface area contributed by atoms with Gasteiger partial charge in [0, 0.05) is 12.7 Å². The van der Waals surface area contributed by atoms with Gasteiger partial charge in [-0.25, -0.2) is 0 Å². The fourth-order valence-corrected chi connectivity index (χ4v) is 1.27. The van der Waals surface area contributed by atoms with E-state index >= 15 is 0 Å². The number of nitrogen functional groups attached to an aromatic ring is 1. The maximum Gasteiger partial charge on any atom is 0.241 e. The van der Waals surface area contributed by atoms with Gasteiger partial charge in [0.25, 0.3) is 0 Å². The average Bonchev–Trinajstić information content (AvgIpc) is 2.46. The second-order valence-corrected chi connectivity index (χ2v) is 3.67. The Labute approximate surface area is 95.2 Å². The number of carbonyl (C=O) groups is 1. The van der Waals surface area contributed by atoms with Crippen LogP contribution < -0.4 is 11.1 Å². The molecule has 6 nitrogen and oxygen atoms in total. The highest BCUT2D eigenvalue weighted by Crippen LogP contribution is 2.15. The molecule has 0 aliphatic carbocycles. The van der Waals surface area contributed by atoms with Crippen LogP contribution in [0.3, 0.4) is 0 Å². The van der Waals surface area contributed by atoms with E-state index in [0.717, 1.165) is 0 Å². The molecule has 0 aromatic carbocycles. The van der Waals surface area contributed by atoms with Crippen LogP contribution in [0.15, 0.2) is 10.7 Å². The SMILES string of the molecule is N#CCCNC(=O)Cn1cc(Br)c(N)n1. The highest BCUT2D eigenvalue weighted by molar-refractivity contribution is 9.10. The van der Waals surface area contributed by atoms with Gasteiger partial charge in [-0.15, -0.1) is 0 Å². The van der Waals surface area contributed by atoms with Crippen molar-refractivity contribution in [1.29, 1.82) is 5.26 Å². The fraction of sp³-hybridized carbons (Fsp3) is 0.375. The van der Waals surface area contributed by atoms with Gasteiger partial charge in [0.1, 0.15) is 6.54 Å². The van der Waals surface area contributed by atoms with Gasteiger partial charge in [0.2, 0.25) is 5.91 Å². The first-order valence-electron chi connectivity index (χ1n) is 4.25. The zero-order chi connectivity index (χ0) is 11.3. The number of rotatable bonds is 4. The molecule has 0 spiro atoms. The lowest BCUT2D eigenvalue weighted by Gasteiger charge is -2.02. The third-order valence-corrected chi connectivity index (χ3v) is 2.22. The fourth-order valence-electron chi connectivity index (χ4n) is 0.954. The maximum atomic E-state index is 11.3. The van der Waals surface area contributed by atoms with E-state index in [1.165, 1.54) is 4.68 Å². The summed E-state index contributed by atoms with van der Waals surface area (Å²) < 4.78 is 2.09. The lowest BCUT2D eigenvalue weighted by molar-refractivity contribution is -0.121. The van der Waals surface area contributed by atoms with Gasteiger partial charge in [0.15, 0.2) is 5.82 Å². The van der Waals surface area contributed by atoms with Gasteiger partial charge < -0.3 is 11.1 Å². The third kappa shape index (κ3) is 3.59. The van der Waals surface area contributed by atoms with Crippen molar-refractivity contribution >= 4 is 27.7 Å². The highest BCUT2D eigenvalue weighted by atomic mass is 79.9. The number of nitriles is 1. The van der Waals surface area contributed by atoms with Crippen molar-refractivity contribution in [1.82, 2.24) is 15.1 Å². The van der Waals surface area contributed by atoms with Gasteiger partial charge in [-0.05, 0) is 15.9 Å². The molecule has 0 aliphatic heterocycles. The van der Waals surface area contributed by atoms with Crippen LogP contribution in [0, 0.1) is 11.3 Å². The molecule has 0 bridgehead atoms. The molecule has 0 aliphatic rings. The highest BCUT2D eigenvalue weighted by Gasteiger charge is 2.06. The molecule has 0 unspecified atom stereocenters.